The van der Waals surface area contributed by atoms with E-state index < -0.39 is 12.0 Å². The number of anilines is 1. The van der Waals surface area contributed by atoms with Crippen LogP contribution in [-0.2, 0) is 17.6 Å². The molecular weight excluding hydrogens is 242 g/mol. The maximum absolute atomic E-state index is 11.4. The summed E-state index contributed by atoms with van der Waals surface area (Å²) in [6, 6.07) is -0.404. The van der Waals surface area contributed by atoms with Crippen molar-refractivity contribution in [3.05, 3.63) is 10.6 Å². The number of carboxylic acid groups (broad SMARTS) is 1. The van der Waals surface area contributed by atoms with Crippen LogP contribution in [0, 0.1) is 0 Å². The standard InChI is InChI=1S/C10H13N3O3S/c14-8(15)4-5-11-9(16)13-10-12-6-2-1-3-7(6)17-10/h1-5H2,(H,14,15)(H2,11,12,13,16). The maximum atomic E-state index is 11.4. The summed E-state index contributed by atoms with van der Waals surface area (Å²) in [6.07, 6.45) is 3.07. The third-order valence-electron chi connectivity index (χ3n) is 2.44. The topological polar surface area (TPSA) is 91.3 Å². The molecule has 0 radical (unpaired) electrons. The van der Waals surface area contributed by atoms with E-state index in [4.69, 9.17) is 5.11 Å². The molecule has 0 aromatic carbocycles. The van der Waals surface area contributed by atoms with Gasteiger partial charge in [0, 0.05) is 11.4 Å². The number of nitrogens with zero attached hydrogens (tertiary/aromatic N) is 1. The maximum Gasteiger partial charge on any atom is 0.321 e. The minimum atomic E-state index is -0.932. The molecule has 2 amide bonds. The number of carbonyl (C=O) groups is 2. The smallest absolute Gasteiger partial charge is 0.321 e. The third-order valence-corrected chi connectivity index (χ3v) is 3.51. The molecule has 0 saturated carbocycles. The van der Waals surface area contributed by atoms with Crippen molar-refractivity contribution >= 4 is 28.5 Å². The van der Waals surface area contributed by atoms with E-state index in [1.807, 2.05) is 0 Å². The normalized spacial score (nSPS) is 13.2. The lowest BCUT2D eigenvalue weighted by Crippen LogP contribution is -2.30. The Balaban J connectivity index is 1.79. The summed E-state index contributed by atoms with van der Waals surface area (Å²) in [6.45, 7) is 0.117. The lowest BCUT2D eigenvalue weighted by Gasteiger charge is -2.03. The molecule has 0 aliphatic heterocycles. The van der Waals surface area contributed by atoms with Crippen LogP contribution in [0.25, 0.3) is 0 Å². The summed E-state index contributed by atoms with van der Waals surface area (Å²) in [7, 11) is 0. The minimum absolute atomic E-state index is 0.0816. The average molecular weight is 255 g/mol. The van der Waals surface area contributed by atoms with Gasteiger partial charge in [0.1, 0.15) is 0 Å². The Kier molecular flexibility index (Phi) is 3.58. The fourth-order valence-corrected chi connectivity index (χ4v) is 2.71. The van der Waals surface area contributed by atoms with Gasteiger partial charge in [-0.2, -0.15) is 0 Å². The minimum Gasteiger partial charge on any atom is -0.481 e. The molecule has 1 aromatic heterocycles. The van der Waals surface area contributed by atoms with E-state index in [0.717, 1.165) is 25.0 Å². The molecule has 6 nitrogen and oxygen atoms in total. The van der Waals surface area contributed by atoms with Crippen LogP contribution < -0.4 is 10.6 Å². The number of rotatable bonds is 4. The predicted octanol–water partition coefficient (Wildman–Crippen LogP) is 1.23. The van der Waals surface area contributed by atoms with Crippen LogP contribution in [0.4, 0.5) is 9.93 Å². The molecule has 3 N–H and O–H groups in total. The number of hydrogen-bond acceptors (Lipinski definition) is 4. The molecule has 0 atom stereocenters. The molecule has 1 heterocycles. The molecular formula is C10H13N3O3S. The predicted molar refractivity (Wildman–Crippen MR) is 63.4 cm³/mol. The number of fused-ring (bicyclic) bond motifs is 1. The first kappa shape index (κ1) is 11.8. The molecule has 7 heteroatoms. The van der Waals surface area contributed by atoms with Crippen molar-refractivity contribution in [2.75, 3.05) is 11.9 Å². The number of amides is 2. The first-order valence-electron chi connectivity index (χ1n) is 5.40. The second kappa shape index (κ2) is 5.13. The van der Waals surface area contributed by atoms with E-state index in [1.54, 1.807) is 0 Å². The average Bonchev–Trinajstić information content (AvgIpc) is 2.76. The number of aromatic nitrogens is 1. The lowest BCUT2D eigenvalue weighted by atomic mass is 10.4. The summed E-state index contributed by atoms with van der Waals surface area (Å²) in [5.41, 5.74) is 1.08. The zero-order valence-corrected chi connectivity index (χ0v) is 9.97. The zero-order chi connectivity index (χ0) is 12.3. The highest BCUT2D eigenvalue weighted by molar-refractivity contribution is 7.15. The van der Waals surface area contributed by atoms with Gasteiger partial charge in [0.05, 0.1) is 12.1 Å². The first-order valence-corrected chi connectivity index (χ1v) is 6.22. The van der Waals surface area contributed by atoms with Gasteiger partial charge in [-0.05, 0) is 19.3 Å². The van der Waals surface area contributed by atoms with Crippen molar-refractivity contribution in [1.29, 1.82) is 0 Å². The highest BCUT2D eigenvalue weighted by atomic mass is 32.1. The second-order valence-corrected chi connectivity index (χ2v) is 4.85. The summed E-state index contributed by atoms with van der Waals surface area (Å²) >= 11 is 1.49. The molecule has 1 aliphatic carbocycles. The highest BCUT2D eigenvalue weighted by Crippen LogP contribution is 2.30. The van der Waals surface area contributed by atoms with Crippen LogP contribution in [0.1, 0.15) is 23.4 Å². The van der Waals surface area contributed by atoms with Gasteiger partial charge in [0.2, 0.25) is 0 Å². The molecule has 2 rings (SSSR count). The summed E-state index contributed by atoms with van der Waals surface area (Å²) in [4.78, 5) is 27.2. The Bertz CT molecular complexity index is 423. The zero-order valence-electron chi connectivity index (χ0n) is 9.15. The van der Waals surface area contributed by atoms with Gasteiger partial charge >= 0.3 is 12.0 Å². The van der Waals surface area contributed by atoms with Gasteiger partial charge < -0.3 is 10.4 Å². The van der Waals surface area contributed by atoms with Crippen molar-refractivity contribution in [3.8, 4) is 0 Å². The quantitative estimate of drug-likeness (QED) is 0.754. The van der Waals surface area contributed by atoms with Gasteiger partial charge in [0.15, 0.2) is 5.13 Å². The van der Waals surface area contributed by atoms with Gasteiger partial charge in [-0.1, -0.05) is 0 Å². The molecule has 0 bridgehead atoms. The fraction of sp³-hybridized carbons (Fsp3) is 0.500. The number of nitrogens with one attached hydrogen (secondary N) is 2. The summed E-state index contributed by atoms with van der Waals surface area (Å²) < 4.78 is 0. The molecule has 1 aromatic rings. The molecule has 1 aliphatic rings. The molecule has 92 valence electrons. The van der Waals surface area contributed by atoms with Crippen LogP contribution in [0.5, 0.6) is 0 Å². The Morgan fingerprint density at radius 3 is 2.94 bits per heavy atom. The highest BCUT2D eigenvalue weighted by Gasteiger charge is 2.17. The van der Waals surface area contributed by atoms with E-state index in [0.29, 0.717) is 5.13 Å². The molecule has 0 unspecified atom stereocenters. The van der Waals surface area contributed by atoms with Gasteiger partial charge in [-0.15, -0.1) is 11.3 Å². The van der Waals surface area contributed by atoms with E-state index in [9.17, 15) is 9.59 Å². The van der Waals surface area contributed by atoms with Crippen LogP contribution in [-0.4, -0.2) is 28.6 Å². The largest absolute Gasteiger partial charge is 0.481 e. The van der Waals surface area contributed by atoms with E-state index in [1.165, 1.54) is 16.2 Å². The number of carboxylic acids is 1. The van der Waals surface area contributed by atoms with Gasteiger partial charge in [-0.25, -0.2) is 9.78 Å². The molecule has 0 spiro atoms. The Morgan fingerprint density at radius 2 is 2.24 bits per heavy atom. The second-order valence-electron chi connectivity index (χ2n) is 3.77. The van der Waals surface area contributed by atoms with E-state index in [-0.39, 0.29) is 13.0 Å². The number of carbonyl (C=O) groups excluding carboxylic acids is 1. The van der Waals surface area contributed by atoms with Crippen LogP contribution in [0.2, 0.25) is 0 Å². The van der Waals surface area contributed by atoms with Gasteiger partial charge in [0.25, 0.3) is 0 Å². The third kappa shape index (κ3) is 3.16. The van der Waals surface area contributed by atoms with Crippen molar-refractivity contribution in [1.82, 2.24) is 10.3 Å². The van der Waals surface area contributed by atoms with Gasteiger partial charge in [-0.3, -0.25) is 10.1 Å². The number of urea groups is 1. The monoisotopic (exact) mass is 255 g/mol. The Hall–Kier alpha value is -1.63. The summed E-state index contributed by atoms with van der Waals surface area (Å²) in [5.74, 6) is -0.932. The van der Waals surface area contributed by atoms with Crippen LogP contribution in [0.3, 0.4) is 0 Å². The fourth-order valence-electron chi connectivity index (χ4n) is 1.67. The van der Waals surface area contributed by atoms with E-state index >= 15 is 0 Å². The number of hydrogen-bond donors (Lipinski definition) is 3. The SMILES string of the molecule is O=C(O)CCNC(=O)Nc1nc2c(s1)CCC2. The molecule has 17 heavy (non-hydrogen) atoms. The number of thiazole rings is 1. The number of aryl methyl sites for hydroxylation is 2. The van der Waals surface area contributed by atoms with Crippen LogP contribution in [0.15, 0.2) is 0 Å². The van der Waals surface area contributed by atoms with E-state index in [2.05, 4.69) is 15.6 Å². The first-order chi connectivity index (χ1) is 8.15. The Morgan fingerprint density at radius 1 is 1.41 bits per heavy atom. The van der Waals surface area contributed by atoms with Crippen LogP contribution >= 0.6 is 11.3 Å². The van der Waals surface area contributed by atoms with Crippen molar-refractivity contribution in [3.63, 3.8) is 0 Å². The van der Waals surface area contributed by atoms with Crippen molar-refractivity contribution in [2.45, 2.75) is 25.7 Å². The Labute approximate surface area is 102 Å². The molecule has 0 fully saturated rings. The van der Waals surface area contributed by atoms with Crippen molar-refractivity contribution in [2.24, 2.45) is 0 Å². The van der Waals surface area contributed by atoms with Crippen molar-refractivity contribution < 1.29 is 14.7 Å². The molecule has 0 saturated heterocycles. The lowest BCUT2D eigenvalue weighted by molar-refractivity contribution is -0.136. The number of aliphatic carboxylic acids is 1. The summed E-state index contributed by atoms with van der Waals surface area (Å²) in [5, 5.41) is 14.1.